The first-order valence-corrected chi connectivity index (χ1v) is 6.66. The highest BCUT2D eigenvalue weighted by Crippen LogP contribution is 2.33. The predicted octanol–water partition coefficient (Wildman–Crippen LogP) is 4.49. The Morgan fingerprint density at radius 3 is 2.68 bits per heavy atom. The first-order valence-electron chi connectivity index (χ1n) is 5.90. The molecule has 0 saturated carbocycles. The lowest BCUT2D eigenvalue weighted by atomic mass is 10.0. The van der Waals surface area contributed by atoms with E-state index in [9.17, 15) is 5.11 Å². The lowest BCUT2D eigenvalue weighted by molar-refractivity contribution is 0.474. The highest BCUT2D eigenvalue weighted by molar-refractivity contribution is 6.35. The van der Waals surface area contributed by atoms with Crippen LogP contribution in [0.2, 0.25) is 10.0 Å². The van der Waals surface area contributed by atoms with Gasteiger partial charge in [0.25, 0.3) is 0 Å². The first-order chi connectivity index (χ1) is 8.97. The average Bonchev–Trinajstić information content (AvgIpc) is 2.35. The van der Waals surface area contributed by atoms with Crippen molar-refractivity contribution in [2.24, 2.45) is 0 Å². The van der Waals surface area contributed by atoms with Crippen molar-refractivity contribution in [2.75, 3.05) is 14.1 Å². The molecular weight excluding hydrogens is 281 g/mol. The molecule has 19 heavy (non-hydrogen) atoms. The fourth-order valence-corrected chi connectivity index (χ4v) is 2.42. The van der Waals surface area contributed by atoms with Gasteiger partial charge in [-0.1, -0.05) is 35.4 Å². The second kappa shape index (κ2) is 5.72. The maximum atomic E-state index is 9.94. The van der Waals surface area contributed by atoms with Crippen molar-refractivity contribution in [1.29, 1.82) is 0 Å². The highest BCUT2D eigenvalue weighted by Gasteiger charge is 2.09. The standard InChI is InChI=1S/C15H15Cl2NO/c1-18(2)13-5-3-4-10(7-13)6-11-8-12(16)9-14(17)15(11)19/h3-6,8-9,19H,7H2,1-2H3. The summed E-state index contributed by atoms with van der Waals surface area (Å²) in [5, 5.41) is 10.7. The molecule has 0 fully saturated rings. The number of aromatic hydroxyl groups is 1. The van der Waals surface area contributed by atoms with Gasteiger partial charge in [-0.05, 0) is 29.9 Å². The van der Waals surface area contributed by atoms with Gasteiger partial charge >= 0.3 is 0 Å². The number of nitrogens with zero attached hydrogens (tertiary/aromatic N) is 1. The van der Waals surface area contributed by atoms with E-state index in [-0.39, 0.29) is 10.8 Å². The Balaban J connectivity index is 2.33. The third-order valence-electron chi connectivity index (χ3n) is 2.96. The third-order valence-corrected chi connectivity index (χ3v) is 3.46. The zero-order chi connectivity index (χ0) is 14.0. The van der Waals surface area contributed by atoms with Crippen molar-refractivity contribution in [3.8, 4) is 5.75 Å². The van der Waals surface area contributed by atoms with Crippen molar-refractivity contribution < 1.29 is 5.11 Å². The molecular formula is C15H15Cl2NO. The molecule has 4 heteroatoms. The minimum atomic E-state index is 0.0629. The summed E-state index contributed by atoms with van der Waals surface area (Å²) in [5.41, 5.74) is 2.94. The van der Waals surface area contributed by atoms with Crippen LogP contribution in [-0.2, 0) is 0 Å². The minimum Gasteiger partial charge on any atom is -0.506 e. The van der Waals surface area contributed by atoms with E-state index in [1.54, 1.807) is 6.07 Å². The molecule has 0 unspecified atom stereocenters. The van der Waals surface area contributed by atoms with Gasteiger partial charge in [-0.25, -0.2) is 0 Å². The highest BCUT2D eigenvalue weighted by atomic mass is 35.5. The van der Waals surface area contributed by atoms with Gasteiger partial charge in [0, 0.05) is 36.8 Å². The SMILES string of the molecule is CN(C)C1=CC=CC(=Cc2cc(Cl)cc(Cl)c2O)C1. The van der Waals surface area contributed by atoms with Crippen molar-refractivity contribution >= 4 is 29.3 Å². The lowest BCUT2D eigenvalue weighted by Gasteiger charge is -2.20. The predicted molar refractivity (Wildman–Crippen MR) is 81.6 cm³/mol. The molecule has 0 spiro atoms. The van der Waals surface area contributed by atoms with E-state index in [2.05, 4.69) is 11.0 Å². The lowest BCUT2D eigenvalue weighted by Crippen LogP contribution is -2.12. The Hall–Kier alpha value is -1.38. The number of phenols is 1. The maximum absolute atomic E-state index is 9.94. The third kappa shape index (κ3) is 3.34. The van der Waals surface area contributed by atoms with E-state index < -0.39 is 0 Å². The Morgan fingerprint density at radius 2 is 2.00 bits per heavy atom. The molecule has 100 valence electrons. The molecule has 0 saturated heterocycles. The Kier molecular flexibility index (Phi) is 4.23. The molecule has 2 rings (SSSR count). The topological polar surface area (TPSA) is 23.5 Å². The van der Waals surface area contributed by atoms with E-state index in [0.717, 1.165) is 12.0 Å². The number of allylic oxidation sites excluding steroid dienone is 4. The molecule has 0 aromatic heterocycles. The molecule has 0 amide bonds. The van der Waals surface area contributed by atoms with Crippen LogP contribution in [0.4, 0.5) is 0 Å². The van der Waals surface area contributed by atoms with E-state index in [1.807, 2.05) is 32.3 Å². The van der Waals surface area contributed by atoms with Crippen molar-refractivity contribution in [3.05, 3.63) is 57.2 Å². The van der Waals surface area contributed by atoms with Crippen LogP contribution >= 0.6 is 23.2 Å². The normalized spacial score (nSPS) is 16.6. The maximum Gasteiger partial charge on any atom is 0.141 e. The van der Waals surface area contributed by atoms with Gasteiger partial charge in [-0.15, -0.1) is 0 Å². The minimum absolute atomic E-state index is 0.0629. The molecule has 2 nitrogen and oxygen atoms in total. The van der Waals surface area contributed by atoms with Crippen LogP contribution in [0.5, 0.6) is 5.75 Å². The molecule has 0 heterocycles. The number of halogens is 2. The van der Waals surface area contributed by atoms with Crippen LogP contribution in [0.25, 0.3) is 6.08 Å². The summed E-state index contributed by atoms with van der Waals surface area (Å²) in [6.07, 6.45) is 8.80. The van der Waals surface area contributed by atoms with E-state index >= 15 is 0 Å². The van der Waals surface area contributed by atoms with Crippen LogP contribution in [0.3, 0.4) is 0 Å². The number of phenolic OH excluding ortho intramolecular Hbond substituents is 1. The van der Waals surface area contributed by atoms with E-state index in [4.69, 9.17) is 23.2 Å². The number of hydrogen-bond donors (Lipinski definition) is 1. The molecule has 1 aliphatic carbocycles. The Morgan fingerprint density at radius 1 is 1.26 bits per heavy atom. The summed E-state index contributed by atoms with van der Waals surface area (Å²) in [6, 6.07) is 3.24. The first kappa shape index (κ1) is 14.0. The van der Waals surface area contributed by atoms with Crippen LogP contribution in [0.1, 0.15) is 12.0 Å². The monoisotopic (exact) mass is 295 g/mol. The molecule has 1 aromatic carbocycles. The molecule has 0 atom stereocenters. The summed E-state index contributed by atoms with van der Waals surface area (Å²) in [4.78, 5) is 2.07. The van der Waals surface area contributed by atoms with E-state index in [1.165, 1.54) is 11.8 Å². The smallest absolute Gasteiger partial charge is 0.141 e. The van der Waals surface area contributed by atoms with Gasteiger partial charge in [-0.3, -0.25) is 0 Å². The van der Waals surface area contributed by atoms with Crippen LogP contribution in [0.15, 0.2) is 41.6 Å². The molecule has 1 aromatic rings. The van der Waals surface area contributed by atoms with Crippen LogP contribution in [0, 0.1) is 0 Å². The van der Waals surface area contributed by atoms with Crippen LogP contribution in [-0.4, -0.2) is 24.1 Å². The zero-order valence-corrected chi connectivity index (χ0v) is 12.3. The zero-order valence-electron chi connectivity index (χ0n) is 10.8. The summed E-state index contributed by atoms with van der Waals surface area (Å²) < 4.78 is 0. The molecule has 1 N–H and O–H groups in total. The largest absolute Gasteiger partial charge is 0.506 e. The molecule has 1 aliphatic rings. The van der Waals surface area contributed by atoms with Crippen molar-refractivity contribution in [1.82, 2.24) is 4.90 Å². The summed E-state index contributed by atoms with van der Waals surface area (Å²) >= 11 is 11.9. The molecule has 0 aliphatic heterocycles. The van der Waals surface area contributed by atoms with Crippen molar-refractivity contribution in [3.63, 3.8) is 0 Å². The Bertz CT molecular complexity index is 586. The fourth-order valence-electron chi connectivity index (χ4n) is 1.91. The number of rotatable bonds is 2. The summed E-state index contributed by atoms with van der Waals surface area (Å²) in [7, 11) is 4.02. The number of hydrogen-bond acceptors (Lipinski definition) is 2. The fraction of sp³-hybridized carbons (Fsp3) is 0.200. The second-order valence-corrected chi connectivity index (χ2v) is 5.48. The average molecular weight is 296 g/mol. The van der Waals surface area contributed by atoms with E-state index in [0.29, 0.717) is 10.6 Å². The second-order valence-electron chi connectivity index (χ2n) is 4.63. The van der Waals surface area contributed by atoms with Gasteiger partial charge in [0.05, 0.1) is 5.02 Å². The Labute approximate surface area is 123 Å². The summed E-state index contributed by atoms with van der Waals surface area (Å²) in [6.45, 7) is 0. The van der Waals surface area contributed by atoms with Gasteiger partial charge in [-0.2, -0.15) is 0 Å². The quantitative estimate of drug-likeness (QED) is 0.869. The van der Waals surface area contributed by atoms with Gasteiger partial charge in [0.15, 0.2) is 0 Å². The molecule has 0 radical (unpaired) electrons. The van der Waals surface area contributed by atoms with Gasteiger partial charge in [0.1, 0.15) is 5.75 Å². The van der Waals surface area contributed by atoms with Crippen molar-refractivity contribution in [2.45, 2.75) is 6.42 Å². The molecule has 0 bridgehead atoms. The number of benzene rings is 1. The van der Waals surface area contributed by atoms with Crippen LogP contribution < -0.4 is 0 Å². The summed E-state index contributed by atoms with van der Waals surface area (Å²) in [5.74, 6) is 0.0629. The van der Waals surface area contributed by atoms with Gasteiger partial charge in [0.2, 0.25) is 0 Å². The van der Waals surface area contributed by atoms with Gasteiger partial charge < -0.3 is 10.0 Å².